The highest BCUT2D eigenvalue weighted by Gasteiger charge is 2.40. The Morgan fingerprint density at radius 1 is 1.08 bits per heavy atom. The van der Waals surface area contributed by atoms with Gasteiger partial charge in [0.1, 0.15) is 24.2 Å². The standard InChI is InChI=1S/C17H14BrF2N3O2/c18-13-3-7-15(8-4-13)25-14-5-1-12(2-6-14)17(24,16(19)20)9-23-11-21-10-22-23/h1-8,10-11,16,24H,9H2. The van der Waals surface area contributed by atoms with E-state index in [0.29, 0.717) is 11.5 Å². The molecule has 3 rings (SSSR count). The van der Waals surface area contributed by atoms with Gasteiger partial charge in [0, 0.05) is 4.47 Å². The lowest BCUT2D eigenvalue weighted by atomic mass is 9.94. The normalized spacial score (nSPS) is 13.6. The summed E-state index contributed by atoms with van der Waals surface area (Å²) in [5.41, 5.74) is -2.30. The van der Waals surface area contributed by atoms with Gasteiger partial charge in [-0.1, -0.05) is 28.1 Å². The van der Waals surface area contributed by atoms with Crippen molar-refractivity contribution < 1.29 is 18.6 Å². The van der Waals surface area contributed by atoms with Crippen molar-refractivity contribution >= 4 is 15.9 Å². The first-order valence-corrected chi connectivity index (χ1v) is 8.13. The van der Waals surface area contributed by atoms with Crippen LogP contribution >= 0.6 is 15.9 Å². The molecule has 2 aromatic carbocycles. The maximum Gasteiger partial charge on any atom is 0.272 e. The first kappa shape index (κ1) is 17.5. The molecular weight excluding hydrogens is 396 g/mol. The van der Waals surface area contributed by atoms with Gasteiger partial charge in [-0.15, -0.1) is 0 Å². The molecule has 0 aliphatic heterocycles. The van der Waals surface area contributed by atoms with Gasteiger partial charge in [0.25, 0.3) is 6.43 Å². The molecule has 130 valence electrons. The summed E-state index contributed by atoms with van der Waals surface area (Å²) >= 11 is 3.33. The molecule has 0 fully saturated rings. The predicted molar refractivity (Wildman–Crippen MR) is 90.6 cm³/mol. The Kier molecular flexibility index (Phi) is 5.10. The van der Waals surface area contributed by atoms with E-state index >= 15 is 0 Å². The molecule has 1 atom stereocenters. The Hall–Kier alpha value is -2.32. The SMILES string of the molecule is OC(Cn1cncn1)(c1ccc(Oc2ccc(Br)cc2)cc1)C(F)F. The average molecular weight is 410 g/mol. The van der Waals surface area contributed by atoms with Gasteiger partial charge < -0.3 is 9.84 Å². The van der Waals surface area contributed by atoms with E-state index in [4.69, 9.17) is 4.74 Å². The van der Waals surface area contributed by atoms with Gasteiger partial charge in [0.2, 0.25) is 0 Å². The Labute approximate surface area is 151 Å². The van der Waals surface area contributed by atoms with Crippen molar-refractivity contribution in [1.29, 1.82) is 0 Å². The molecule has 8 heteroatoms. The summed E-state index contributed by atoms with van der Waals surface area (Å²) in [5.74, 6) is 1.09. The molecule has 1 aromatic heterocycles. The van der Waals surface area contributed by atoms with E-state index < -0.39 is 18.6 Å². The zero-order valence-electron chi connectivity index (χ0n) is 12.9. The maximum atomic E-state index is 13.5. The molecule has 0 aliphatic rings. The molecule has 0 aliphatic carbocycles. The van der Waals surface area contributed by atoms with Crippen LogP contribution in [-0.2, 0) is 12.1 Å². The lowest BCUT2D eigenvalue weighted by Gasteiger charge is -2.27. The monoisotopic (exact) mass is 409 g/mol. The molecule has 3 aromatic rings. The van der Waals surface area contributed by atoms with Crippen molar-refractivity contribution in [2.75, 3.05) is 0 Å². The van der Waals surface area contributed by atoms with E-state index in [1.165, 1.54) is 41.6 Å². The number of hydrogen-bond acceptors (Lipinski definition) is 4. The molecule has 1 unspecified atom stereocenters. The van der Waals surface area contributed by atoms with Gasteiger partial charge in [-0.25, -0.2) is 18.4 Å². The van der Waals surface area contributed by atoms with E-state index in [1.807, 2.05) is 12.1 Å². The number of aliphatic hydroxyl groups is 1. The summed E-state index contributed by atoms with van der Waals surface area (Å²) in [5, 5.41) is 14.2. The number of halogens is 3. The summed E-state index contributed by atoms with van der Waals surface area (Å²) in [6.07, 6.45) is -0.491. The lowest BCUT2D eigenvalue weighted by molar-refractivity contribution is -0.114. The minimum atomic E-state index is -2.99. The molecule has 0 radical (unpaired) electrons. The molecule has 5 nitrogen and oxygen atoms in total. The summed E-state index contributed by atoms with van der Waals surface area (Å²) < 4.78 is 34.7. The number of alkyl halides is 2. The third-order valence-electron chi connectivity index (χ3n) is 3.63. The molecule has 0 amide bonds. The first-order chi connectivity index (χ1) is 12.0. The van der Waals surface area contributed by atoms with E-state index in [2.05, 4.69) is 26.0 Å². The third kappa shape index (κ3) is 4.02. The van der Waals surface area contributed by atoms with Gasteiger partial charge in [0.15, 0.2) is 5.60 Å². The van der Waals surface area contributed by atoms with Gasteiger partial charge >= 0.3 is 0 Å². The van der Waals surface area contributed by atoms with Crippen LogP contribution in [0.4, 0.5) is 8.78 Å². The van der Waals surface area contributed by atoms with Gasteiger partial charge in [-0.3, -0.25) is 0 Å². The van der Waals surface area contributed by atoms with Crippen LogP contribution in [0, 0.1) is 0 Å². The number of nitrogens with zero attached hydrogens (tertiary/aromatic N) is 3. The number of rotatable bonds is 6. The Morgan fingerprint density at radius 3 is 2.20 bits per heavy atom. The lowest BCUT2D eigenvalue weighted by Crippen LogP contribution is -2.39. The molecule has 1 N–H and O–H groups in total. The van der Waals surface area contributed by atoms with Crippen LogP contribution in [0.25, 0.3) is 0 Å². The fraction of sp³-hybridized carbons (Fsp3) is 0.176. The summed E-state index contributed by atoms with van der Waals surface area (Å²) in [4.78, 5) is 3.70. The van der Waals surface area contributed by atoms with E-state index in [0.717, 1.165) is 4.47 Å². The fourth-order valence-corrected chi connectivity index (χ4v) is 2.56. The van der Waals surface area contributed by atoms with E-state index in [9.17, 15) is 13.9 Å². The van der Waals surface area contributed by atoms with Gasteiger partial charge in [-0.05, 0) is 42.0 Å². The second-order valence-corrected chi connectivity index (χ2v) is 6.31. The Balaban J connectivity index is 1.80. The number of aromatic nitrogens is 3. The quantitative estimate of drug-likeness (QED) is 0.668. The van der Waals surface area contributed by atoms with Crippen LogP contribution in [-0.4, -0.2) is 26.3 Å². The first-order valence-electron chi connectivity index (χ1n) is 7.34. The smallest absolute Gasteiger partial charge is 0.272 e. The summed E-state index contributed by atoms with van der Waals surface area (Å²) in [7, 11) is 0. The molecule has 1 heterocycles. The van der Waals surface area contributed by atoms with Crippen molar-refractivity contribution in [3.8, 4) is 11.5 Å². The fourth-order valence-electron chi connectivity index (χ4n) is 2.30. The minimum absolute atomic E-state index is 0.0705. The van der Waals surface area contributed by atoms with E-state index in [1.54, 1.807) is 12.1 Å². The predicted octanol–water partition coefficient (Wildman–Crippen LogP) is 3.99. The molecule has 0 bridgehead atoms. The molecule has 0 saturated carbocycles. The minimum Gasteiger partial charge on any atom is -0.457 e. The summed E-state index contributed by atoms with van der Waals surface area (Å²) in [6, 6.07) is 13.1. The zero-order chi connectivity index (χ0) is 17.9. The average Bonchev–Trinajstić information content (AvgIpc) is 3.10. The van der Waals surface area contributed by atoms with Gasteiger partial charge in [0.05, 0.1) is 6.54 Å². The number of ether oxygens (including phenoxy) is 1. The highest BCUT2D eigenvalue weighted by atomic mass is 79.9. The van der Waals surface area contributed by atoms with Crippen molar-refractivity contribution in [2.24, 2.45) is 0 Å². The second-order valence-electron chi connectivity index (χ2n) is 5.40. The van der Waals surface area contributed by atoms with Crippen LogP contribution in [0.15, 0.2) is 65.7 Å². The van der Waals surface area contributed by atoms with Gasteiger partial charge in [-0.2, -0.15) is 5.10 Å². The zero-order valence-corrected chi connectivity index (χ0v) is 14.5. The second kappa shape index (κ2) is 7.28. The van der Waals surface area contributed by atoms with Crippen LogP contribution < -0.4 is 4.74 Å². The Bertz CT molecular complexity index is 811. The van der Waals surface area contributed by atoms with Crippen molar-refractivity contribution in [3.05, 3.63) is 71.2 Å². The highest BCUT2D eigenvalue weighted by Crippen LogP contribution is 2.32. The van der Waals surface area contributed by atoms with Crippen molar-refractivity contribution in [1.82, 2.24) is 14.8 Å². The third-order valence-corrected chi connectivity index (χ3v) is 4.16. The largest absolute Gasteiger partial charge is 0.457 e. The van der Waals surface area contributed by atoms with Crippen LogP contribution in [0.2, 0.25) is 0 Å². The van der Waals surface area contributed by atoms with Crippen LogP contribution in [0.1, 0.15) is 5.56 Å². The number of benzene rings is 2. The van der Waals surface area contributed by atoms with E-state index in [-0.39, 0.29) is 5.56 Å². The highest BCUT2D eigenvalue weighted by molar-refractivity contribution is 9.10. The molecule has 0 spiro atoms. The summed E-state index contributed by atoms with van der Waals surface area (Å²) in [6.45, 7) is -0.405. The number of hydrogen-bond donors (Lipinski definition) is 1. The molecular formula is C17H14BrF2N3O2. The Morgan fingerprint density at radius 2 is 1.68 bits per heavy atom. The van der Waals surface area contributed by atoms with Crippen LogP contribution in [0.5, 0.6) is 11.5 Å². The topological polar surface area (TPSA) is 60.2 Å². The maximum absolute atomic E-state index is 13.5. The van der Waals surface area contributed by atoms with Crippen molar-refractivity contribution in [3.63, 3.8) is 0 Å². The molecule has 0 saturated heterocycles. The van der Waals surface area contributed by atoms with Crippen LogP contribution in [0.3, 0.4) is 0 Å². The molecule has 25 heavy (non-hydrogen) atoms. The van der Waals surface area contributed by atoms with Crippen molar-refractivity contribution in [2.45, 2.75) is 18.6 Å².